The Morgan fingerprint density at radius 3 is 1.64 bits per heavy atom. The van der Waals surface area contributed by atoms with Crippen molar-refractivity contribution < 1.29 is 14.2 Å². The first-order valence-corrected chi connectivity index (χ1v) is 8.42. The molecular formula is C22H18O3. The average molecular weight is 330 g/mol. The normalized spacial score (nSPS) is 29.2. The number of hydrogen-bond acceptors (Lipinski definition) is 3. The Kier molecular flexibility index (Phi) is 3.12. The third-order valence-corrected chi connectivity index (χ3v) is 5.18. The van der Waals surface area contributed by atoms with Crippen molar-refractivity contribution in [3.05, 3.63) is 69.4 Å². The van der Waals surface area contributed by atoms with Crippen molar-refractivity contribution in [3.8, 4) is 11.5 Å². The molecule has 1 aliphatic carbocycles. The van der Waals surface area contributed by atoms with Gasteiger partial charge < -0.3 is 14.2 Å². The molecule has 2 aliphatic heterocycles. The van der Waals surface area contributed by atoms with Crippen molar-refractivity contribution in [3.63, 3.8) is 0 Å². The molecule has 0 N–H and O–H groups in total. The van der Waals surface area contributed by atoms with Gasteiger partial charge in [0.2, 0.25) is 0 Å². The maximum Gasteiger partial charge on any atom is 0.126 e. The summed E-state index contributed by atoms with van der Waals surface area (Å²) in [6.07, 6.45) is 8.53. The topological polar surface area (TPSA) is 27.7 Å². The number of fused-ring (bicyclic) bond motifs is 7. The molecule has 1 fully saturated rings. The summed E-state index contributed by atoms with van der Waals surface area (Å²) in [5.41, 5.74) is 2.47. The predicted octanol–water partition coefficient (Wildman–Crippen LogP) is 0.617. The first-order valence-electron chi connectivity index (χ1n) is 8.42. The van der Waals surface area contributed by atoms with Gasteiger partial charge in [-0.05, 0) is 45.9 Å². The van der Waals surface area contributed by atoms with Gasteiger partial charge in [0.05, 0.1) is 14.2 Å². The van der Waals surface area contributed by atoms with Crippen molar-refractivity contribution in [1.82, 2.24) is 0 Å². The van der Waals surface area contributed by atoms with Gasteiger partial charge in [-0.15, -0.1) is 0 Å². The minimum Gasteiger partial charge on any atom is -0.496 e. The van der Waals surface area contributed by atoms with E-state index in [1.54, 1.807) is 14.2 Å². The molecule has 0 amide bonds. The highest BCUT2D eigenvalue weighted by Crippen LogP contribution is 2.38. The first kappa shape index (κ1) is 14.6. The van der Waals surface area contributed by atoms with Gasteiger partial charge in [0.15, 0.2) is 0 Å². The van der Waals surface area contributed by atoms with E-state index in [1.807, 2.05) is 24.3 Å². The van der Waals surface area contributed by atoms with E-state index < -0.39 is 0 Å². The van der Waals surface area contributed by atoms with Crippen LogP contribution in [0.25, 0.3) is 23.3 Å². The van der Waals surface area contributed by atoms with Crippen LogP contribution in [0.15, 0.2) is 48.6 Å². The lowest BCUT2D eigenvalue weighted by Gasteiger charge is -2.14. The van der Waals surface area contributed by atoms with E-state index in [-0.39, 0.29) is 12.2 Å². The van der Waals surface area contributed by atoms with Gasteiger partial charge in [0.25, 0.3) is 0 Å². The fourth-order valence-electron chi connectivity index (χ4n) is 4.11. The van der Waals surface area contributed by atoms with Gasteiger partial charge in [0, 0.05) is 10.4 Å². The molecule has 2 heterocycles. The molecule has 2 aromatic carbocycles. The second-order valence-corrected chi connectivity index (χ2v) is 6.37. The first-order chi connectivity index (χ1) is 12.3. The van der Waals surface area contributed by atoms with Gasteiger partial charge in [-0.3, -0.25) is 0 Å². The van der Waals surface area contributed by atoms with Crippen molar-refractivity contribution >= 4 is 23.3 Å². The van der Waals surface area contributed by atoms with Crippen LogP contribution in [-0.2, 0) is 4.74 Å². The van der Waals surface area contributed by atoms with E-state index in [2.05, 4.69) is 36.4 Å². The highest BCUT2D eigenvalue weighted by atomic mass is 16.5. The lowest BCUT2D eigenvalue weighted by molar-refractivity contribution is 0.149. The zero-order chi connectivity index (χ0) is 17.0. The summed E-state index contributed by atoms with van der Waals surface area (Å²) in [4.78, 5) is 0. The second-order valence-electron chi connectivity index (χ2n) is 6.37. The number of rotatable bonds is 2. The Bertz CT molecular complexity index is 1060. The summed E-state index contributed by atoms with van der Waals surface area (Å²) in [6, 6.07) is 12.4. The fraction of sp³-hybridized carbons (Fsp3) is 0.182. The molecule has 124 valence electrons. The summed E-state index contributed by atoms with van der Waals surface area (Å²) in [5, 5.41) is 4.52. The van der Waals surface area contributed by atoms with E-state index in [4.69, 9.17) is 14.2 Å². The molecule has 1 saturated heterocycles. The van der Waals surface area contributed by atoms with Gasteiger partial charge in [-0.2, -0.15) is 0 Å². The molecular weight excluding hydrogens is 312 g/mol. The number of ether oxygens (including phenoxy) is 3. The summed E-state index contributed by atoms with van der Waals surface area (Å²) in [7, 11) is 3.42. The maximum absolute atomic E-state index is 6.20. The average Bonchev–Trinajstić information content (AvgIpc) is 3.25. The van der Waals surface area contributed by atoms with Crippen LogP contribution in [-0.4, -0.2) is 26.4 Å². The summed E-state index contributed by atoms with van der Waals surface area (Å²) in [6.45, 7) is 0. The van der Waals surface area contributed by atoms with Crippen LogP contribution in [0.5, 0.6) is 11.5 Å². The largest absolute Gasteiger partial charge is 0.496 e. The SMILES string of the molecule is COc1cccc2/c1=C\C=c1\c(OC)ccc\c1=C1\C=2C2C=CC1O2. The molecule has 2 aromatic rings. The molecule has 3 heteroatoms. The Morgan fingerprint density at radius 2 is 1.20 bits per heavy atom. The molecule has 25 heavy (non-hydrogen) atoms. The highest BCUT2D eigenvalue weighted by Gasteiger charge is 2.38. The molecule has 0 aromatic heterocycles. The third-order valence-electron chi connectivity index (χ3n) is 5.18. The van der Waals surface area contributed by atoms with Gasteiger partial charge in [-0.1, -0.05) is 36.4 Å². The monoisotopic (exact) mass is 330 g/mol. The maximum atomic E-state index is 6.20. The van der Waals surface area contributed by atoms with Crippen LogP contribution in [0.1, 0.15) is 0 Å². The van der Waals surface area contributed by atoms with Crippen LogP contribution in [0.4, 0.5) is 0 Å². The standard InChI is InChI=1S/C22H18O3/c1-23-17-7-3-5-15-13(17)9-10-14-16(6-4-8-18(14)24-2)22-20-12-11-19(25-20)21(15)22/h3-12,19-20H,1-2H3/b10-9?,13-9+,14-10+,21-15-,22-16-. The minimum absolute atomic E-state index is 0.00333. The van der Waals surface area contributed by atoms with Crippen LogP contribution < -0.4 is 30.3 Å². The van der Waals surface area contributed by atoms with E-state index in [0.29, 0.717) is 0 Å². The second kappa shape index (κ2) is 5.36. The zero-order valence-corrected chi connectivity index (χ0v) is 14.2. The number of methoxy groups -OCH3 is 2. The van der Waals surface area contributed by atoms with E-state index >= 15 is 0 Å². The van der Waals surface area contributed by atoms with E-state index in [0.717, 1.165) is 21.9 Å². The van der Waals surface area contributed by atoms with Crippen molar-refractivity contribution in [1.29, 1.82) is 0 Å². The van der Waals surface area contributed by atoms with Gasteiger partial charge >= 0.3 is 0 Å². The Morgan fingerprint density at radius 1 is 0.720 bits per heavy atom. The molecule has 2 atom stereocenters. The molecule has 0 spiro atoms. The molecule has 0 saturated carbocycles. The molecule has 2 unspecified atom stereocenters. The van der Waals surface area contributed by atoms with Gasteiger partial charge in [-0.25, -0.2) is 0 Å². The lowest BCUT2D eigenvalue weighted by Crippen LogP contribution is -2.37. The summed E-state index contributed by atoms with van der Waals surface area (Å²) in [5.74, 6) is 1.73. The Balaban J connectivity index is 2.06. The molecule has 0 radical (unpaired) electrons. The van der Waals surface area contributed by atoms with E-state index in [9.17, 15) is 0 Å². The number of benzene rings is 2. The van der Waals surface area contributed by atoms with Crippen LogP contribution in [0.3, 0.4) is 0 Å². The van der Waals surface area contributed by atoms with Crippen LogP contribution in [0, 0.1) is 0 Å². The smallest absolute Gasteiger partial charge is 0.126 e. The molecule has 5 rings (SSSR count). The molecule has 3 aliphatic rings. The molecule has 3 nitrogen and oxygen atoms in total. The molecule has 2 bridgehead atoms. The Hall–Kier alpha value is -2.78. The predicted molar refractivity (Wildman–Crippen MR) is 98.0 cm³/mol. The lowest BCUT2D eigenvalue weighted by atomic mass is 9.88. The van der Waals surface area contributed by atoms with Crippen LogP contribution in [0.2, 0.25) is 0 Å². The summed E-state index contributed by atoms with van der Waals surface area (Å²) >= 11 is 0. The third kappa shape index (κ3) is 1.96. The minimum atomic E-state index is -0.00333. The van der Waals surface area contributed by atoms with Gasteiger partial charge in [0.1, 0.15) is 23.7 Å². The Labute approximate surface area is 145 Å². The summed E-state index contributed by atoms with van der Waals surface area (Å²) < 4.78 is 17.4. The van der Waals surface area contributed by atoms with Crippen molar-refractivity contribution in [2.75, 3.05) is 14.2 Å². The van der Waals surface area contributed by atoms with Crippen molar-refractivity contribution in [2.24, 2.45) is 0 Å². The highest BCUT2D eigenvalue weighted by molar-refractivity contribution is 5.99. The fourth-order valence-corrected chi connectivity index (χ4v) is 4.11. The zero-order valence-electron chi connectivity index (χ0n) is 14.2. The van der Waals surface area contributed by atoms with Crippen LogP contribution >= 0.6 is 0 Å². The number of hydrogen-bond donors (Lipinski definition) is 0. The quantitative estimate of drug-likeness (QED) is 0.756. The van der Waals surface area contributed by atoms with E-state index in [1.165, 1.54) is 21.6 Å². The van der Waals surface area contributed by atoms with Crippen molar-refractivity contribution in [2.45, 2.75) is 12.2 Å².